The first-order valence-corrected chi connectivity index (χ1v) is 15.9. The number of aliphatic carboxylic acids is 1. The Hall–Kier alpha value is -2.97. The van der Waals surface area contributed by atoms with E-state index in [0.717, 1.165) is 73.5 Å². The summed E-state index contributed by atoms with van der Waals surface area (Å²) >= 11 is 6.66. The van der Waals surface area contributed by atoms with Crippen LogP contribution >= 0.6 is 11.6 Å². The van der Waals surface area contributed by atoms with Gasteiger partial charge < -0.3 is 10.0 Å². The first-order valence-electron chi connectivity index (χ1n) is 15.5. The van der Waals surface area contributed by atoms with Gasteiger partial charge in [-0.25, -0.2) is 0 Å². The highest BCUT2D eigenvalue weighted by Gasteiger charge is 2.54. The largest absolute Gasteiger partial charge is 0.481 e. The highest BCUT2D eigenvalue weighted by molar-refractivity contribution is 6.34. The molecule has 7 rings (SSSR count). The fourth-order valence-corrected chi connectivity index (χ4v) is 7.95. The number of carboxylic acid groups (broad SMARTS) is 1. The van der Waals surface area contributed by atoms with Crippen LogP contribution in [0.5, 0.6) is 0 Å². The third-order valence-corrected chi connectivity index (χ3v) is 10.6. The van der Waals surface area contributed by atoms with Gasteiger partial charge in [0.15, 0.2) is 0 Å². The maximum Gasteiger partial charge on any atom is 0.306 e. The standard InChI is InChI=1S/C33H39ClN4O4/c1-19(2)36-15-33(16-36)17-37(18-33)30(39)23-12-13-25-27(14-23)38(35-29(25)21-8-10-22(11-9-21)32(41)42)31(40)28-24(20-6-7-20)4-3-5-26(28)34/h3-5,8,19-20,22-23H,6-7,9-18H2,1-2H3,(H,41,42). The maximum atomic E-state index is 14.2. The number of carbonyl (C=O) groups excluding carboxylic acids is 2. The van der Waals surface area contributed by atoms with Crippen LogP contribution in [-0.2, 0) is 22.4 Å². The fourth-order valence-electron chi connectivity index (χ4n) is 7.69. The molecule has 222 valence electrons. The van der Waals surface area contributed by atoms with Crippen molar-refractivity contribution in [2.24, 2.45) is 17.3 Å². The highest BCUT2D eigenvalue weighted by Crippen LogP contribution is 2.45. The number of aromatic nitrogens is 2. The number of hydrogen-bond donors (Lipinski definition) is 1. The number of halogens is 1. The lowest BCUT2D eigenvalue weighted by Gasteiger charge is -2.61. The van der Waals surface area contributed by atoms with E-state index < -0.39 is 5.97 Å². The van der Waals surface area contributed by atoms with E-state index in [1.54, 1.807) is 6.07 Å². The van der Waals surface area contributed by atoms with Gasteiger partial charge in [-0.2, -0.15) is 9.78 Å². The fraction of sp³-hybridized carbons (Fsp3) is 0.576. The van der Waals surface area contributed by atoms with Crippen molar-refractivity contribution >= 4 is 35.0 Å². The second-order valence-corrected chi connectivity index (χ2v) is 14.0. The predicted octanol–water partition coefficient (Wildman–Crippen LogP) is 5.03. The minimum absolute atomic E-state index is 0.182. The molecule has 1 aromatic heterocycles. The second-order valence-electron chi connectivity index (χ2n) is 13.6. The molecule has 0 radical (unpaired) electrons. The number of allylic oxidation sites excluding steroid dienone is 2. The zero-order chi connectivity index (χ0) is 29.3. The molecule has 2 atom stereocenters. The van der Waals surface area contributed by atoms with Crippen molar-refractivity contribution < 1.29 is 19.5 Å². The second kappa shape index (κ2) is 10.3. The van der Waals surface area contributed by atoms with Crippen LogP contribution in [0.4, 0.5) is 0 Å². The van der Waals surface area contributed by atoms with Gasteiger partial charge in [0.25, 0.3) is 5.91 Å². The van der Waals surface area contributed by atoms with Gasteiger partial charge in [-0.15, -0.1) is 0 Å². The summed E-state index contributed by atoms with van der Waals surface area (Å²) in [4.78, 5) is 44.0. The molecule has 1 spiro atoms. The molecular formula is C33H39ClN4O4. The lowest BCUT2D eigenvalue weighted by atomic mass is 9.71. The number of amides is 1. The number of carbonyl (C=O) groups is 3. The minimum Gasteiger partial charge on any atom is -0.481 e. The molecule has 2 aromatic rings. The summed E-state index contributed by atoms with van der Waals surface area (Å²) in [5.41, 5.74) is 5.39. The molecule has 8 nitrogen and oxygen atoms in total. The van der Waals surface area contributed by atoms with Crippen LogP contribution in [0.25, 0.3) is 5.57 Å². The topological polar surface area (TPSA) is 95.7 Å². The molecule has 5 aliphatic rings. The van der Waals surface area contributed by atoms with Crippen LogP contribution in [-0.4, -0.2) is 74.7 Å². The Morgan fingerprint density at radius 3 is 2.40 bits per heavy atom. The first kappa shape index (κ1) is 27.8. The van der Waals surface area contributed by atoms with Crippen molar-refractivity contribution in [2.75, 3.05) is 26.2 Å². The Bertz CT molecular complexity index is 1490. The minimum atomic E-state index is -0.771. The van der Waals surface area contributed by atoms with Gasteiger partial charge >= 0.3 is 5.97 Å². The van der Waals surface area contributed by atoms with Gasteiger partial charge in [-0.1, -0.05) is 29.8 Å². The zero-order valence-corrected chi connectivity index (χ0v) is 25.2. The monoisotopic (exact) mass is 590 g/mol. The molecule has 1 amide bonds. The molecule has 3 heterocycles. The number of rotatable bonds is 6. The summed E-state index contributed by atoms with van der Waals surface area (Å²) in [5, 5.41) is 14.8. The average molecular weight is 591 g/mol. The summed E-state index contributed by atoms with van der Waals surface area (Å²) in [6.07, 6.45) is 7.58. The molecule has 2 unspecified atom stereocenters. The van der Waals surface area contributed by atoms with Gasteiger partial charge in [-0.3, -0.25) is 19.3 Å². The van der Waals surface area contributed by atoms with Gasteiger partial charge in [0.1, 0.15) is 0 Å². The lowest BCUT2D eigenvalue weighted by molar-refractivity contribution is -0.166. The third-order valence-electron chi connectivity index (χ3n) is 10.3. The smallest absolute Gasteiger partial charge is 0.306 e. The summed E-state index contributed by atoms with van der Waals surface area (Å²) in [5.74, 6) is -1.04. The van der Waals surface area contributed by atoms with Crippen LogP contribution in [0.2, 0.25) is 5.02 Å². The number of nitrogens with zero attached hydrogens (tertiary/aromatic N) is 4. The summed E-state index contributed by atoms with van der Waals surface area (Å²) in [7, 11) is 0. The van der Waals surface area contributed by atoms with Crippen LogP contribution in [0.1, 0.15) is 91.2 Å². The number of likely N-dealkylation sites (tertiary alicyclic amines) is 2. The van der Waals surface area contributed by atoms with E-state index in [1.807, 2.05) is 23.1 Å². The van der Waals surface area contributed by atoms with Crippen molar-refractivity contribution in [3.63, 3.8) is 0 Å². The summed E-state index contributed by atoms with van der Waals surface area (Å²) < 4.78 is 1.53. The Balaban J connectivity index is 1.18. The van der Waals surface area contributed by atoms with Gasteiger partial charge in [-0.05, 0) is 81.9 Å². The average Bonchev–Trinajstić information content (AvgIpc) is 3.71. The van der Waals surface area contributed by atoms with Crippen molar-refractivity contribution in [1.82, 2.24) is 19.6 Å². The number of carboxylic acids is 1. The number of hydrogen-bond acceptors (Lipinski definition) is 5. The molecule has 2 saturated heterocycles. The quantitative estimate of drug-likeness (QED) is 0.507. The van der Waals surface area contributed by atoms with E-state index in [0.29, 0.717) is 54.6 Å². The summed E-state index contributed by atoms with van der Waals surface area (Å²) in [6, 6.07) is 6.20. The zero-order valence-electron chi connectivity index (χ0n) is 24.4. The van der Waals surface area contributed by atoms with Gasteiger partial charge in [0.05, 0.1) is 27.9 Å². The van der Waals surface area contributed by atoms with Crippen molar-refractivity contribution in [1.29, 1.82) is 0 Å². The van der Waals surface area contributed by atoms with E-state index in [9.17, 15) is 19.5 Å². The molecule has 0 bridgehead atoms. The van der Waals surface area contributed by atoms with Crippen LogP contribution in [0.15, 0.2) is 24.3 Å². The van der Waals surface area contributed by atoms with Crippen molar-refractivity contribution in [3.05, 3.63) is 57.4 Å². The molecule has 42 heavy (non-hydrogen) atoms. The Labute approximate surface area is 251 Å². The normalized spacial score (nSPS) is 25.0. The molecule has 1 saturated carbocycles. The molecule has 2 aliphatic heterocycles. The van der Waals surface area contributed by atoms with Crippen molar-refractivity contribution in [2.45, 2.75) is 77.2 Å². The van der Waals surface area contributed by atoms with E-state index in [1.165, 1.54) is 4.68 Å². The molecule has 1 N–H and O–H groups in total. The molecule has 9 heteroatoms. The number of benzene rings is 1. The maximum absolute atomic E-state index is 14.2. The van der Waals surface area contributed by atoms with Crippen LogP contribution < -0.4 is 0 Å². The van der Waals surface area contributed by atoms with E-state index in [4.69, 9.17) is 16.7 Å². The first-order chi connectivity index (χ1) is 20.1. The number of fused-ring (bicyclic) bond motifs is 1. The highest BCUT2D eigenvalue weighted by atomic mass is 35.5. The van der Waals surface area contributed by atoms with Crippen molar-refractivity contribution in [3.8, 4) is 0 Å². The summed E-state index contributed by atoms with van der Waals surface area (Å²) in [6.45, 7) is 8.21. The van der Waals surface area contributed by atoms with E-state index >= 15 is 0 Å². The van der Waals surface area contributed by atoms with E-state index in [2.05, 4.69) is 18.7 Å². The lowest BCUT2D eigenvalue weighted by Crippen LogP contribution is -2.74. The van der Waals surface area contributed by atoms with Crippen LogP contribution in [0, 0.1) is 17.3 Å². The van der Waals surface area contributed by atoms with E-state index in [-0.39, 0.29) is 29.1 Å². The molecule has 3 aliphatic carbocycles. The SMILES string of the molecule is CC(C)N1CC2(CN(C(=O)C3CCc4c(C5=CCC(C(=O)O)CC5)nn(C(=O)c5c(Cl)cccc5C5CC5)c4C3)C2)C1. The Morgan fingerprint density at radius 2 is 1.76 bits per heavy atom. The molecular weight excluding hydrogens is 552 g/mol. The molecule has 3 fully saturated rings. The molecule has 1 aromatic carbocycles. The van der Waals surface area contributed by atoms with Gasteiger partial charge in [0, 0.05) is 55.5 Å². The third kappa shape index (κ3) is 4.71. The predicted molar refractivity (Wildman–Crippen MR) is 160 cm³/mol. The Kier molecular flexibility index (Phi) is 6.85. The Morgan fingerprint density at radius 1 is 1.02 bits per heavy atom. The van der Waals surface area contributed by atoms with Crippen LogP contribution in [0.3, 0.4) is 0 Å². The van der Waals surface area contributed by atoms with Gasteiger partial charge in [0.2, 0.25) is 5.91 Å².